The molecular weight excluding hydrogens is 390 g/mol. The average molecular weight is 402 g/mol. The molecule has 3 aromatic heterocycles. The highest BCUT2D eigenvalue weighted by molar-refractivity contribution is 7.22. The summed E-state index contributed by atoms with van der Waals surface area (Å²) in [6.45, 7) is 1.34. The number of nitrogens with zero attached hydrogens (tertiary/aromatic N) is 2. The summed E-state index contributed by atoms with van der Waals surface area (Å²) in [6, 6.07) is 11.6. The van der Waals surface area contributed by atoms with E-state index in [1.54, 1.807) is 11.3 Å². The van der Waals surface area contributed by atoms with E-state index in [0.717, 1.165) is 26.2 Å². The van der Waals surface area contributed by atoms with Crippen LogP contribution in [0.3, 0.4) is 0 Å². The number of ether oxygens (including phenoxy) is 1. The van der Waals surface area contributed by atoms with E-state index in [0.29, 0.717) is 10.8 Å². The lowest BCUT2D eigenvalue weighted by atomic mass is 10.2. The SMILES string of the molecule is CC(=O)Oc1nnc(Nc2ccsc2)c2cc(-c3cccc(Cl)c3)sc12. The first kappa shape index (κ1) is 17.0. The first-order valence-electron chi connectivity index (χ1n) is 7.64. The van der Waals surface area contributed by atoms with Gasteiger partial charge in [-0.1, -0.05) is 23.7 Å². The first-order valence-corrected chi connectivity index (χ1v) is 9.77. The smallest absolute Gasteiger partial charge is 0.309 e. The molecule has 0 aliphatic rings. The summed E-state index contributed by atoms with van der Waals surface area (Å²) in [6.07, 6.45) is 0. The lowest BCUT2D eigenvalue weighted by Crippen LogP contribution is -2.05. The van der Waals surface area contributed by atoms with Gasteiger partial charge in [-0.3, -0.25) is 4.79 Å². The molecule has 0 amide bonds. The predicted octanol–water partition coefficient (Wildman–Crippen LogP) is 5.74. The Hall–Kier alpha value is -2.48. The van der Waals surface area contributed by atoms with Gasteiger partial charge in [0.05, 0.1) is 5.69 Å². The molecule has 0 atom stereocenters. The molecule has 0 aliphatic carbocycles. The fraction of sp³-hybridized carbons (Fsp3) is 0.0556. The molecule has 4 rings (SSSR count). The van der Waals surface area contributed by atoms with Gasteiger partial charge in [0.2, 0.25) is 0 Å². The number of esters is 1. The fourth-order valence-corrected chi connectivity index (χ4v) is 4.33. The maximum atomic E-state index is 11.4. The van der Waals surface area contributed by atoms with Crippen LogP contribution in [0.15, 0.2) is 47.2 Å². The highest BCUT2D eigenvalue weighted by atomic mass is 35.5. The molecule has 3 heterocycles. The fourth-order valence-electron chi connectivity index (χ4n) is 2.47. The first-order chi connectivity index (χ1) is 12.6. The van der Waals surface area contributed by atoms with Gasteiger partial charge in [0.25, 0.3) is 5.88 Å². The predicted molar refractivity (Wildman–Crippen MR) is 107 cm³/mol. The van der Waals surface area contributed by atoms with Crippen molar-refractivity contribution >= 4 is 61.8 Å². The van der Waals surface area contributed by atoms with E-state index in [1.165, 1.54) is 18.3 Å². The lowest BCUT2D eigenvalue weighted by Gasteiger charge is -2.06. The summed E-state index contributed by atoms with van der Waals surface area (Å²) >= 11 is 9.19. The molecule has 26 heavy (non-hydrogen) atoms. The van der Waals surface area contributed by atoms with Crippen LogP contribution in [0, 0.1) is 0 Å². The Labute approximate surface area is 162 Å². The van der Waals surface area contributed by atoms with Crippen molar-refractivity contribution in [3.05, 3.63) is 52.2 Å². The second-order valence-corrected chi connectivity index (χ2v) is 7.72. The number of thiophene rings is 2. The molecule has 0 unspecified atom stereocenters. The molecule has 130 valence electrons. The number of aromatic nitrogens is 2. The van der Waals surface area contributed by atoms with Gasteiger partial charge in [0.15, 0.2) is 5.82 Å². The highest BCUT2D eigenvalue weighted by Crippen LogP contribution is 2.41. The number of halogens is 1. The summed E-state index contributed by atoms with van der Waals surface area (Å²) in [7, 11) is 0. The Kier molecular flexibility index (Phi) is 4.58. The zero-order valence-electron chi connectivity index (χ0n) is 13.5. The van der Waals surface area contributed by atoms with E-state index in [-0.39, 0.29) is 5.88 Å². The summed E-state index contributed by atoms with van der Waals surface area (Å²) in [5.41, 5.74) is 1.91. The van der Waals surface area contributed by atoms with Gasteiger partial charge in [-0.15, -0.1) is 21.5 Å². The molecule has 0 fully saturated rings. The Morgan fingerprint density at radius 2 is 2.12 bits per heavy atom. The summed E-state index contributed by atoms with van der Waals surface area (Å²) < 4.78 is 5.99. The Bertz CT molecular complexity index is 1090. The number of rotatable bonds is 4. The van der Waals surface area contributed by atoms with Crippen LogP contribution in [0.5, 0.6) is 5.88 Å². The molecule has 0 saturated heterocycles. The molecule has 1 aromatic carbocycles. The quantitative estimate of drug-likeness (QED) is 0.441. The minimum Gasteiger partial charge on any atom is -0.404 e. The Balaban J connectivity index is 1.86. The summed E-state index contributed by atoms with van der Waals surface area (Å²) in [4.78, 5) is 12.4. The maximum absolute atomic E-state index is 11.4. The number of carbonyl (C=O) groups is 1. The van der Waals surface area contributed by atoms with E-state index in [4.69, 9.17) is 16.3 Å². The van der Waals surface area contributed by atoms with Crippen molar-refractivity contribution in [3.8, 4) is 16.3 Å². The van der Waals surface area contributed by atoms with Crippen LogP contribution in [0.2, 0.25) is 5.02 Å². The van der Waals surface area contributed by atoms with Gasteiger partial charge in [-0.25, -0.2) is 0 Å². The molecular formula is C18H12ClN3O2S2. The van der Waals surface area contributed by atoms with Gasteiger partial charge in [0.1, 0.15) is 4.70 Å². The van der Waals surface area contributed by atoms with E-state index in [2.05, 4.69) is 15.5 Å². The second kappa shape index (κ2) is 7.03. The van der Waals surface area contributed by atoms with E-state index >= 15 is 0 Å². The monoisotopic (exact) mass is 401 g/mol. The number of hydrogen-bond donors (Lipinski definition) is 1. The molecule has 8 heteroatoms. The topological polar surface area (TPSA) is 64.1 Å². The number of nitrogens with one attached hydrogen (secondary N) is 1. The summed E-state index contributed by atoms with van der Waals surface area (Å²) in [5.74, 6) is 0.386. The van der Waals surface area contributed by atoms with Crippen molar-refractivity contribution in [2.75, 3.05) is 5.32 Å². The average Bonchev–Trinajstić information content (AvgIpc) is 3.26. The third-order valence-corrected chi connectivity index (χ3v) is 5.65. The molecule has 0 radical (unpaired) electrons. The number of anilines is 2. The Morgan fingerprint density at radius 1 is 1.23 bits per heavy atom. The third kappa shape index (κ3) is 3.41. The van der Waals surface area contributed by atoms with Gasteiger partial charge in [-0.05, 0) is 35.2 Å². The van der Waals surface area contributed by atoms with Crippen molar-refractivity contribution < 1.29 is 9.53 Å². The highest BCUT2D eigenvalue weighted by Gasteiger charge is 2.17. The standard InChI is InChI=1S/C18H12ClN3O2S2/c1-10(23)24-18-16-14(17(21-22-18)20-13-5-6-25-9-13)8-15(26-16)11-3-2-4-12(19)7-11/h2-9H,1H3,(H,20,21). The van der Waals surface area contributed by atoms with Gasteiger partial charge < -0.3 is 10.1 Å². The third-order valence-electron chi connectivity index (χ3n) is 3.56. The van der Waals surface area contributed by atoms with Crippen LogP contribution in [-0.4, -0.2) is 16.2 Å². The number of benzene rings is 1. The lowest BCUT2D eigenvalue weighted by molar-refractivity contribution is -0.132. The molecule has 0 saturated carbocycles. The molecule has 0 bridgehead atoms. The van der Waals surface area contributed by atoms with Crippen molar-refractivity contribution in [2.45, 2.75) is 6.92 Å². The number of carbonyl (C=O) groups excluding carboxylic acids is 1. The van der Waals surface area contributed by atoms with Crippen LogP contribution in [0.25, 0.3) is 20.5 Å². The minimum atomic E-state index is -0.433. The molecule has 0 aliphatic heterocycles. The van der Waals surface area contributed by atoms with E-state index in [9.17, 15) is 4.79 Å². The second-order valence-electron chi connectivity index (χ2n) is 5.45. The maximum Gasteiger partial charge on any atom is 0.309 e. The zero-order chi connectivity index (χ0) is 18.1. The molecule has 4 aromatic rings. The molecule has 5 nitrogen and oxygen atoms in total. The van der Waals surface area contributed by atoms with Crippen LogP contribution in [0.4, 0.5) is 11.5 Å². The van der Waals surface area contributed by atoms with E-state index in [1.807, 2.05) is 47.2 Å². The normalized spacial score (nSPS) is 10.8. The van der Waals surface area contributed by atoms with Crippen LogP contribution >= 0.6 is 34.3 Å². The molecule has 0 spiro atoms. The van der Waals surface area contributed by atoms with Crippen LogP contribution in [0.1, 0.15) is 6.92 Å². The number of fused-ring (bicyclic) bond motifs is 1. The Morgan fingerprint density at radius 3 is 2.85 bits per heavy atom. The molecule has 1 N–H and O–H groups in total. The largest absolute Gasteiger partial charge is 0.404 e. The van der Waals surface area contributed by atoms with Crippen molar-refractivity contribution in [3.63, 3.8) is 0 Å². The van der Waals surface area contributed by atoms with Crippen LogP contribution in [-0.2, 0) is 4.79 Å². The van der Waals surface area contributed by atoms with Crippen molar-refractivity contribution in [1.82, 2.24) is 10.2 Å². The van der Waals surface area contributed by atoms with Gasteiger partial charge in [0, 0.05) is 27.6 Å². The van der Waals surface area contributed by atoms with Crippen molar-refractivity contribution in [2.24, 2.45) is 0 Å². The van der Waals surface area contributed by atoms with E-state index < -0.39 is 5.97 Å². The van der Waals surface area contributed by atoms with Crippen molar-refractivity contribution in [1.29, 1.82) is 0 Å². The zero-order valence-corrected chi connectivity index (χ0v) is 15.9. The van der Waals surface area contributed by atoms with Gasteiger partial charge >= 0.3 is 5.97 Å². The summed E-state index contributed by atoms with van der Waals surface area (Å²) in [5, 5.41) is 17.0. The minimum absolute atomic E-state index is 0.210. The number of hydrogen-bond acceptors (Lipinski definition) is 7. The van der Waals surface area contributed by atoms with Gasteiger partial charge in [-0.2, -0.15) is 11.3 Å². The van der Waals surface area contributed by atoms with Crippen LogP contribution < -0.4 is 10.1 Å².